The van der Waals surface area contributed by atoms with Gasteiger partial charge in [-0.2, -0.15) is 0 Å². The summed E-state index contributed by atoms with van der Waals surface area (Å²) >= 11 is 3.82. The Morgan fingerprint density at radius 3 is 2.83 bits per heavy atom. The summed E-state index contributed by atoms with van der Waals surface area (Å²) in [6.45, 7) is 0. The third-order valence-corrected chi connectivity index (χ3v) is 6.27. The molecule has 0 saturated heterocycles. The SMILES string of the molecule is Nn1c(SCC(=O)Nc2nc(-c3ccc(F)c(F)c3)cs2)nnc1-c1cccs1. The van der Waals surface area contributed by atoms with E-state index in [-0.39, 0.29) is 11.7 Å². The lowest BCUT2D eigenvalue weighted by molar-refractivity contribution is -0.113. The Morgan fingerprint density at radius 1 is 1.21 bits per heavy atom. The number of nitrogens with one attached hydrogen (secondary N) is 1. The Labute approximate surface area is 175 Å². The first-order valence-corrected chi connectivity index (χ1v) is 10.8. The largest absolute Gasteiger partial charge is 0.335 e. The average Bonchev–Trinajstić information content (AvgIpc) is 3.44. The molecule has 0 aliphatic carbocycles. The van der Waals surface area contributed by atoms with Crippen LogP contribution in [0.15, 0.2) is 46.2 Å². The van der Waals surface area contributed by atoms with Gasteiger partial charge in [-0.1, -0.05) is 17.8 Å². The highest BCUT2D eigenvalue weighted by Gasteiger charge is 2.15. The number of nitrogens with zero attached hydrogens (tertiary/aromatic N) is 4. The fourth-order valence-corrected chi connectivity index (χ4v) is 4.45. The van der Waals surface area contributed by atoms with Crippen LogP contribution >= 0.6 is 34.4 Å². The monoisotopic (exact) mass is 450 g/mol. The van der Waals surface area contributed by atoms with Crippen molar-refractivity contribution in [3.63, 3.8) is 0 Å². The molecule has 1 amide bonds. The van der Waals surface area contributed by atoms with Gasteiger partial charge in [-0.15, -0.1) is 32.9 Å². The van der Waals surface area contributed by atoms with Crippen LogP contribution < -0.4 is 11.2 Å². The highest BCUT2D eigenvalue weighted by atomic mass is 32.2. The van der Waals surface area contributed by atoms with E-state index < -0.39 is 11.6 Å². The van der Waals surface area contributed by atoms with Crippen molar-refractivity contribution < 1.29 is 13.6 Å². The number of nitrogens with two attached hydrogens (primary N) is 1. The van der Waals surface area contributed by atoms with Crippen LogP contribution in [0.3, 0.4) is 0 Å². The minimum absolute atomic E-state index is 0.0554. The molecule has 3 N–H and O–H groups in total. The van der Waals surface area contributed by atoms with E-state index in [1.165, 1.54) is 33.4 Å². The first-order chi connectivity index (χ1) is 14.0. The molecule has 0 fully saturated rings. The van der Waals surface area contributed by atoms with Gasteiger partial charge in [-0.25, -0.2) is 18.4 Å². The van der Waals surface area contributed by atoms with Gasteiger partial charge in [-0.05, 0) is 29.6 Å². The highest BCUT2D eigenvalue weighted by Crippen LogP contribution is 2.27. The molecule has 0 aliphatic heterocycles. The van der Waals surface area contributed by atoms with Gasteiger partial charge in [0.05, 0.1) is 16.3 Å². The predicted molar refractivity (Wildman–Crippen MR) is 110 cm³/mol. The molecule has 1 aromatic carbocycles. The quantitative estimate of drug-likeness (QED) is 0.342. The molecule has 0 bridgehead atoms. The van der Waals surface area contributed by atoms with Gasteiger partial charge in [0.1, 0.15) is 0 Å². The molecule has 3 heterocycles. The average molecular weight is 451 g/mol. The van der Waals surface area contributed by atoms with Gasteiger partial charge in [0.2, 0.25) is 11.1 Å². The maximum Gasteiger partial charge on any atom is 0.236 e. The summed E-state index contributed by atoms with van der Waals surface area (Å²) < 4.78 is 27.8. The second-order valence-electron chi connectivity index (χ2n) is 5.66. The summed E-state index contributed by atoms with van der Waals surface area (Å²) in [6, 6.07) is 7.29. The maximum atomic E-state index is 13.4. The maximum absolute atomic E-state index is 13.4. The topological polar surface area (TPSA) is 98.7 Å². The van der Waals surface area contributed by atoms with Crippen LogP contribution in [-0.2, 0) is 4.79 Å². The lowest BCUT2D eigenvalue weighted by Crippen LogP contribution is -2.16. The van der Waals surface area contributed by atoms with E-state index in [1.54, 1.807) is 5.38 Å². The van der Waals surface area contributed by atoms with Crippen molar-refractivity contribution in [2.75, 3.05) is 16.9 Å². The Bertz CT molecular complexity index is 1160. The minimum Gasteiger partial charge on any atom is -0.335 e. The van der Waals surface area contributed by atoms with E-state index in [9.17, 15) is 13.6 Å². The predicted octanol–water partition coefficient (Wildman–Crippen LogP) is 3.85. The van der Waals surface area contributed by atoms with Crippen molar-refractivity contribution in [2.45, 2.75) is 5.16 Å². The van der Waals surface area contributed by atoms with Crippen LogP contribution in [-0.4, -0.2) is 31.5 Å². The number of thiophene rings is 1. The molecule has 7 nitrogen and oxygen atoms in total. The van der Waals surface area contributed by atoms with Crippen molar-refractivity contribution in [3.05, 3.63) is 52.7 Å². The lowest BCUT2D eigenvalue weighted by Gasteiger charge is -2.03. The number of hydrogen-bond acceptors (Lipinski definition) is 8. The van der Waals surface area contributed by atoms with Gasteiger partial charge in [0.15, 0.2) is 22.6 Å². The van der Waals surface area contributed by atoms with Gasteiger partial charge >= 0.3 is 0 Å². The van der Waals surface area contributed by atoms with Gasteiger partial charge in [-0.3, -0.25) is 4.79 Å². The van der Waals surface area contributed by atoms with Crippen LogP contribution in [0.25, 0.3) is 22.0 Å². The molecule has 12 heteroatoms. The van der Waals surface area contributed by atoms with Crippen LogP contribution in [0.4, 0.5) is 13.9 Å². The molecule has 0 spiro atoms. The molecule has 0 unspecified atom stereocenters. The normalized spacial score (nSPS) is 11.0. The van der Waals surface area contributed by atoms with E-state index >= 15 is 0 Å². The van der Waals surface area contributed by atoms with Gasteiger partial charge in [0.25, 0.3) is 0 Å². The van der Waals surface area contributed by atoms with Crippen LogP contribution in [0.5, 0.6) is 0 Å². The van der Waals surface area contributed by atoms with Crippen molar-refractivity contribution >= 4 is 45.5 Å². The number of anilines is 1. The first-order valence-electron chi connectivity index (χ1n) is 8.09. The van der Waals surface area contributed by atoms with Crippen molar-refractivity contribution in [1.82, 2.24) is 19.9 Å². The van der Waals surface area contributed by atoms with Crippen molar-refractivity contribution in [3.8, 4) is 22.0 Å². The number of nitrogen functional groups attached to an aromatic ring is 1. The van der Waals surface area contributed by atoms with Crippen molar-refractivity contribution in [2.24, 2.45) is 0 Å². The summed E-state index contributed by atoms with van der Waals surface area (Å²) in [4.78, 5) is 17.3. The smallest absolute Gasteiger partial charge is 0.236 e. The minimum atomic E-state index is -0.953. The van der Waals surface area contributed by atoms with E-state index in [2.05, 4.69) is 20.5 Å². The zero-order valence-electron chi connectivity index (χ0n) is 14.5. The fraction of sp³-hybridized carbons (Fsp3) is 0.0588. The molecule has 0 saturated carbocycles. The lowest BCUT2D eigenvalue weighted by atomic mass is 10.2. The summed E-state index contributed by atoms with van der Waals surface area (Å²) in [5.41, 5.74) is 0.867. The summed E-state index contributed by atoms with van der Waals surface area (Å²) in [7, 11) is 0. The molecule has 0 radical (unpaired) electrons. The zero-order valence-corrected chi connectivity index (χ0v) is 17.0. The Balaban J connectivity index is 1.37. The number of benzene rings is 1. The number of rotatable bonds is 6. The van der Waals surface area contributed by atoms with E-state index in [0.29, 0.717) is 27.4 Å². The standard InChI is InChI=1S/C17H12F2N6OS3/c18-10-4-3-9(6-11(10)19)12-7-28-16(21-12)22-14(26)8-29-17-24-23-15(25(17)20)13-2-1-5-27-13/h1-7H,8,20H2,(H,21,22,26). The number of thiazole rings is 1. The molecule has 0 aliphatic rings. The van der Waals surface area contributed by atoms with E-state index in [4.69, 9.17) is 5.84 Å². The number of amides is 1. The number of halogens is 2. The number of thioether (sulfide) groups is 1. The molecule has 3 aromatic heterocycles. The fourth-order valence-electron chi connectivity index (χ4n) is 2.35. The van der Waals surface area contributed by atoms with E-state index in [0.717, 1.165) is 28.8 Å². The Morgan fingerprint density at radius 2 is 2.07 bits per heavy atom. The van der Waals surface area contributed by atoms with Crippen LogP contribution in [0.1, 0.15) is 0 Å². The molecule has 148 valence electrons. The zero-order chi connectivity index (χ0) is 20.4. The number of hydrogen-bond donors (Lipinski definition) is 2. The Kier molecular flexibility index (Phi) is 5.56. The molecule has 4 rings (SSSR count). The molecule has 4 aromatic rings. The van der Waals surface area contributed by atoms with Crippen LogP contribution in [0.2, 0.25) is 0 Å². The van der Waals surface area contributed by atoms with Gasteiger partial charge < -0.3 is 11.2 Å². The Hall–Kier alpha value is -2.83. The summed E-state index contributed by atoms with van der Waals surface area (Å²) in [5, 5.41) is 15.0. The van der Waals surface area contributed by atoms with Gasteiger partial charge in [0, 0.05) is 10.9 Å². The first kappa shape index (κ1) is 19.5. The van der Waals surface area contributed by atoms with E-state index in [1.807, 2.05) is 17.5 Å². The second kappa shape index (κ2) is 8.27. The number of aromatic nitrogens is 4. The third-order valence-electron chi connectivity index (χ3n) is 3.70. The second-order valence-corrected chi connectivity index (χ2v) is 8.41. The van der Waals surface area contributed by atoms with Crippen molar-refractivity contribution in [1.29, 1.82) is 0 Å². The van der Waals surface area contributed by atoms with Crippen LogP contribution in [0, 0.1) is 11.6 Å². The summed E-state index contributed by atoms with van der Waals surface area (Å²) in [5.74, 6) is 4.40. The third kappa shape index (κ3) is 4.28. The number of carbonyl (C=O) groups is 1. The summed E-state index contributed by atoms with van der Waals surface area (Å²) in [6.07, 6.45) is 0. The molecule has 0 atom stereocenters. The highest BCUT2D eigenvalue weighted by molar-refractivity contribution is 7.99. The molecular weight excluding hydrogens is 438 g/mol. The number of carbonyl (C=O) groups excluding carboxylic acids is 1. The molecular formula is C17H12F2N6OS3. The molecule has 29 heavy (non-hydrogen) atoms.